The van der Waals surface area contributed by atoms with Crippen molar-refractivity contribution in [3.05, 3.63) is 28.8 Å². The third-order valence-corrected chi connectivity index (χ3v) is 4.81. The molecule has 0 radical (unpaired) electrons. The average molecular weight is 391 g/mol. The van der Waals surface area contributed by atoms with Crippen molar-refractivity contribution in [2.24, 2.45) is 5.92 Å². The maximum atomic E-state index is 12.1. The van der Waals surface area contributed by atoms with Crippen LogP contribution in [0.15, 0.2) is 18.2 Å². The quantitative estimate of drug-likeness (QED) is 0.686. The molecule has 0 spiro atoms. The molecule has 1 aromatic carbocycles. The summed E-state index contributed by atoms with van der Waals surface area (Å²) in [5, 5.41) is 2.78. The molecule has 1 N–H and O–H groups in total. The van der Waals surface area contributed by atoms with E-state index in [0.717, 1.165) is 17.0 Å². The molecule has 0 aliphatic rings. The van der Waals surface area contributed by atoms with Crippen LogP contribution in [0.5, 0.6) is 0 Å². The fraction of sp³-hybridized carbons (Fsp3) is 0.500. The van der Waals surface area contributed by atoms with Crippen LogP contribution in [0.4, 0.5) is 5.69 Å². The first-order valence-electron chi connectivity index (χ1n) is 7.68. The number of sulfonamides is 1. The lowest BCUT2D eigenvalue weighted by atomic mass is 10.1. The van der Waals surface area contributed by atoms with Crippen molar-refractivity contribution >= 4 is 39.2 Å². The Labute approximate surface area is 153 Å². The molecule has 0 heterocycles. The van der Waals surface area contributed by atoms with Gasteiger partial charge in [-0.15, -0.1) is 0 Å². The molecule has 1 amide bonds. The Bertz CT molecular complexity index is 734. The van der Waals surface area contributed by atoms with Crippen molar-refractivity contribution in [2.45, 2.75) is 20.3 Å². The zero-order valence-corrected chi connectivity index (χ0v) is 16.3. The first-order chi connectivity index (χ1) is 11.6. The third kappa shape index (κ3) is 6.55. The van der Waals surface area contributed by atoms with Gasteiger partial charge in [-0.3, -0.25) is 9.10 Å². The molecule has 0 bridgehead atoms. The molecule has 0 aliphatic heterocycles. The fourth-order valence-electron chi connectivity index (χ4n) is 2.02. The minimum absolute atomic E-state index is 0.0473. The van der Waals surface area contributed by atoms with Crippen molar-refractivity contribution in [3.8, 4) is 0 Å². The molecular formula is C16H23ClN2O5S. The van der Waals surface area contributed by atoms with Gasteiger partial charge in [-0.05, 0) is 30.5 Å². The number of benzene rings is 1. The predicted octanol–water partition coefficient (Wildman–Crippen LogP) is 2.05. The zero-order chi connectivity index (χ0) is 19.2. The number of methoxy groups -OCH3 is 1. The molecule has 1 rings (SSSR count). The van der Waals surface area contributed by atoms with Crippen LogP contribution in [-0.2, 0) is 19.6 Å². The summed E-state index contributed by atoms with van der Waals surface area (Å²) >= 11 is 6.08. The van der Waals surface area contributed by atoms with E-state index < -0.39 is 28.4 Å². The SMILES string of the molecule is COC(=O)c1ccc(Cl)c(N(CC(=O)NCCC(C)C)S(C)(=O)=O)c1. The average Bonchev–Trinajstić information content (AvgIpc) is 2.51. The maximum absolute atomic E-state index is 12.1. The smallest absolute Gasteiger partial charge is 0.337 e. The summed E-state index contributed by atoms with van der Waals surface area (Å²) in [6.07, 6.45) is 1.75. The minimum atomic E-state index is -3.79. The number of nitrogens with one attached hydrogen (secondary N) is 1. The summed E-state index contributed by atoms with van der Waals surface area (Å²) < 4.78 is 29.7. The lowest BCUT2D eigenvalue weighted by molar-refractivity contribution is -0.119. The molecule has 0 unspecified atom stereocenters. The molecule has 9 heteroatoms. The monoisotopic (exact) mass is 390 g/mol. The Morgan fingerprint density at radius 3 is 2.48 bits per heavy atom. The Balaban J connectivity index is 3.08. The van der Waals surface area contributed by atoms with Crippen LogP contribution in [0.2, 0.25) is 5.02 Å². The normalized spacial score (nSPS) is 11.3. The summed E-state index contributed by atoms with van der Waals surface area (Å²) in [6.45, 7) is 4.06. The van der Waals surface area contributed by atoms with Crippen molar-refractivity contribution in [2.75, 3.05) is 30.8 Å². The van der Waals surface area contributed by atoms with E-state index in [1.807, 2.05) is 13.8 Å². The molecule has 0 atom stereocenters. The van der Waals surface area contributed by atoms with Gasteiger partial charge in [0, 0.05) is 6.54 Å². The summed E-state index contributed by atoms with van der Waals surface area (Å²) in [7, 11) is -2.57. The van der Waals surface area contributed by atoms with E-state index in [4.69, 9.17) is 11.6 Å². The molecule has 0 saturated heterocycles. The molecular weight excluding hydrogens is 368 g/mol. The Morgan fingerprint density at radius 1 is 1.32 bits per heavy atom. The fourth-order valence-corrected chi connectivity index (χ4v) is 3.15. The van der Waals surface area contributed by atoms with E-state index in [1.54, 1.807) is 0 Å². The number of carbonyl (C=O) groups is 2. The highest BCUT2D eigenvalue weighted by Crippen LogP contribution is 2.29. The number of anilines is 1. The van der Waals surface area contributed by atoms with E-state index in [2.05, 4.69) is 10.1 Å². The number of nitrogens with zero attached hydrogens (tertiary/aromatic N) is 1. The van der Waals surface area contributed by atoms with Gasteiger partial charge in [0.2, 0.25) is 15.9 Å². The van der Waals surface area contributed by atoms with Crippen molar-refractivity contribution in [1.29, 1.82) is 0 Å². The van der Waals surface area contributed by atoms with Gasteiger partial charge in [0.25, 0.3) is 0 Å². The van der Waals surface area contributed by atoms with E-state index in [0.29, 0.717) is 12.5 Å². The highest BCUT2D eigenvalue weighted by atomic mass is 35.5. The number of carbonyl (C=O) groups excluding carboxylic acids is 2. The topological polar surface area (TPSA) is 92.8 Å². The Hall–Kier alpha value is -1.80. The molecule has 1 aromatic rings. The first kappa shape index (κ1) is 21.2. The molecule has 0 saturated carbocycles. The van der Waals surface area contributed by atoms with Crippen LogP contribution < -0.4 is 9.62 Å². The first-order valence-corrected chi connectivity index (χ1v) is 9.91. The van der Waals surface area contributed by atoms with Gasteiger partial charge in [-0.25, -0.2) is 13.2 Å². The highest BCUT2D eigenvalue weighted by Gasteiger charge is 2.24. The van der Waals surface area contributed by atoms with Crippen LogP contribution in [0.3, 0.4) is 0 Å². The number of halogens is 1. The van der Waals surface area contributed by atoms with E-state index in [-0.39, 0.29) is 16.3 Å². The molecule has 140 valence electrons. The largest absolute Gasteiger partial charge is 0.465 e. The lowest BCUT2D eigenvalue weighted by Gasteiger charge is -2.23. The molecule has 0 fully saturated rings. The van der Waals surface area contributed by atoms with Crippen LogP contribution >= 0.6 is 11.6 Å². The number of ether oxygens (including phenoxy) is 1. The van der Waals surface area contributed by atoms with Gasteiger partial charge in [0.15, 0.2) is 0 Å². The summed E-state index contributed by atoms with van der Waals surface area (Å²) in [6, 6.07) is 4.09. The highest BCUT2D eigenvalue weighted by molar-refractivity contribution is 7.92. The van der Waals surface area contributed by atoms with E-state index >= 15 is 0 Å². The van der Waals surface area contributed by atoms with E-state index in [9.17, 15) is 18.0 Å². The molecule has 0 aromatic heterocycles. The molecule has 7 nitrogen and oxygen atoms in total. The van der Waals surface area contributed by atoms with Gasteiger partial charge >= 0.3 is 5.97 Å². The molecule has 25 heavy (non-hydrogen) atoms. The number of amides is 1. The second-order valence-corrected chi connectivity index (χ2v) is 8.27. The zero-order valence-electron chi connectivity index (χ0n) is 14.7. The van der Waals surface area contributed by atoms with Crippen molar-refractivity contribution in [1.82, 2.24) is 5.32 Å². The molecule has 0 aliphatic carbocycles. The summed E-state index contributed by atoms with van der Waals surface area (Å²) in [5.41, 5.74) is 0.182. The second-order valence-electron chi connectivity index (χ2n) is 5.96. The summed E-state index contributed by atoms with van der Waals surface area (Å²) in [4.78, 5) is 23.8. The summed E-state index contributed by atoms with van der Waals surface area (Å²) in [5.74, 6) is -0.671. The van der Waals surface area contributed by atoms with Crippen LogP contribution in [-0.4, -0.2) is 46.7 Å². The Morgan fingerprint density at radius 2 is 1.96 bits per heavy atom. The van der Waals surface area contributed by atoms with Crippen molar-refractivity contribution in [3.63, 3.8) is 0 Å². The maximum Gasteiger partial charge on any atom is 0.337 e. The minimum Gasteiger partial charge on any atom is -0.465 e. The Kier molecular flexibility index (Phi) is 7.69. The lowest BCUT2D eigenvalue weighted by Crippen LogP contribution is -2.41. The van der Waals surface area contributed by atoms with Gasteiger partial charge in [-0.2, -0.15) is 0 Å². The van der Waals surface area contributed by atoms with Gasteiger partial charge < -0.3 is 10.1 Å². The number of rotatable bonds is 8. The van der Waals surface area contributed by atoms with Crippen LogP contribution in [0.25, 0.3) is 0 Å². The third-order valence-electron chi connectivity index (χ3n) is 3.37. The van der Waals surface area contributed by atoms with Crippen molar-refractivity contribution < 1.29 is 22.7 Å². The van der Waals surface area contributed by atoms with Gasteiger partial charge in [-0.1, -0.05) is 25.4 Å². The van der Waals surface area contributed by atoms with Crippen LogP contribution in [0.1, 0.15) is 30.6 Å². The van der Waals surface area contributed by atoms with Gasteiger partial charge in [0.1, 0.15) is 6.54 Å². The number of esters is 1. The predicted molar refractivity (Wildman–Crippen MR) is 97.4 cm³/mol. The number of hydrogen-bond donors (Lipinski definition) is 1. The van der Waals surface area contributed by atoms with Crippen LogP contribution in [0, 0.1) is 5.92 Å². The standard InChI is InChI=1S/C16H23ClN2O5S/c1-11(2)7-8-18-15(20)10-19(25(4,22)23)14-9-12(16(21)24-3)5-6-13(14)17/h5-6,9,11H,7-8,10H2,1-4H3,(H,18,20). The van der Waals surface area contributed by atoms with E-state index in [1.165, 1.54) is 25.3 Å². The number of hydrogen-bond acceptors (Lipinski definition) is 5. The second kappa shape index (κ2) is 9.05. The van der Waals surface area contributed by atoms with Gasteiger partial charge in [0.05, 0.1) is 29.6 Å².